The molecule has 1 fully saturated rings. The maximum atomic E-state index is 14.0. The number of aromatic nitrogens is 2. The van der Waals surface area contributed by atoms with Crippen LogP contribution in [0.5, 0.6) is 11.5 Å². The van der Waals surface area contributed by atoms with Crippen LogP contribution < -0.4 is 20.5 Å². The zero-order chi connectivity index (χ0) is 42.3. The van der Waals surface area contributed by atoms with E-state index in [0.29, 0.717) is 37.2 Å². The summed E-state index contributed by atoms with van der Waals surface area (Å²) < 4.78 is 15.5. The van der Waals surface area contributed by atoms with E-state index in [-0.39, 0.29) is 24.3 Å². The highest BCUT2D eigenvalue weighted by Gasteiger charge is 2.47. The summed E-state index contributed by atoms with van der Waals surface area (Å²) in [5.41, 5.74) is 13.1. The Hall–Kier alpha value is -4.81. The highest BCUT2D eigenvalue weighted by atomic mass is 16.5. The van der Waals surface area contributed by atoms with Crippen LogP contribution in [-0.4, -0.2) is 49.4 Å². The first kappa shape index (κ1) is 41.5. The van der Waals surface area contributed by atoms with E-state index in [9.17, 15) is 20.1 Å². The second-order valence-corrected chi connectivity index (χ2v) is 18.4. The summed E-state index contributed by atoms with van der Waals surface area (Å²) in [5, 5.41) is 38.9. The summed E-state index contributed by atoms with van der Waals surface area (Å²) in [5.74, 6) is 10.2. The smallest absolute Gasteiger partial charge is 0.191 e. The summed E-state index contributed by atoms with van der Waals surface area (Å²) in [6.07, 6.45) is 19.5. The molecule has 9 rings (SSSR count). The number of aryl methyl sites for hydroxylation is 1. The molecule has 61 heavy (non-hydrogen) atoms. The number of Topliss-reactive ketones (excluding diaryl/α,β-unsaturated/α-hetero) is 1. The fourth-order valence-electron chi connectivity index (χ4n) is 10.8. The third kappa shape index (κ3) is 8.18. The van der Waals surface area contributed by atoms with Gasteiger partial charge >= 0.3 is 0 Å². The number of hydrogen-bond donors (Lipinski definition) is 6. The van der Waals surface area contributed by atoms with E-state index in [2.05, 4.69) is 71.2 Å². The molecule has 4 aromatic rings. The third-order valence-corrected chi connectivity index (χ3v) is 14.3. The van der Waals surface area contributed by atoms with Crippen molar-refractivity contribution < 1.29 is 29.6 Å². The molecule has 9 atom stereocenters. The van der Waals surface area contributed by atoms with Crippen molar-refractivity contribution in [3.63, 3.8) is 0 Å². The highest BCUT2D eigenvalue weighted by Crippen LogP contribution is 2.50. The molecule has 320 valence electrons. The number of aromatic amines is 1. The van der Waals surface area contributed by atoms with Crippen LogP contribution in [0, 0.1) is 53.0 Å². The van der Waals surface area contributed by atoms with Gasteiger partial charge in [0.1, 0.15) is 18.0 Å². The summed E-state index contributed by atoms with van der Waals surface area (Å²) in [6, 6.07) is 9.80. The lowest BCUT2D eigenvalue weighted by molar-refractivity contribution is -0.129. The molecule has 5 aliphatic rings. The van der Waals surface area contributed by atoms with Crippen molar-refractivity contribution in [3.8, 4) is 35.4 Å². The van der Waals surface area contributed by atoms with Gasteiger partial charge in [-0.2, -0.15) is 0 Å². The van der Waals surface area contributed by atoms with Crippen molar-refractivity contribution in [3.05, 3.63) is 94.5 Å². The molecule has 3 aliphatic heterocycles. The SMILES string of the molecule is CCCCCC(C(=O)CCc1ccc2c(c1)OC1C(C#CC(O)c3ccc4c(c3Cc3c[nH]c5cn1cc35)CCNC4N)C1(C#CO2)CCCC1)C(O)C1C=CC(C)CC1O. The average Bonchev–Trinajstić information content (AvgIpc) is 4.00. The Balaban J connectivity index is 1.06. The highest BCUT2D eigenvalue weighted by molar-refractivity contribution is 5.84. The Bertz CT molecular complexity index is 2420. The van der Waals surface area contributed by atoms with Crippen molar-refractivity contribution in [1.29, 1.82) is 0 Å². The first-order valence-electron chi connectivity index (χ1n) is 22.7. The lowest BCUT2D eigenvalue weighted by Crippen LogP contribution is -2.41. The zero-order valence-electron chi connectivity index (χ0n) is 35.5. The second kappa shape index (κ2) is 17.5. The van der Waals surface area contributed by atoms with Crippen LogP contribution in [-0.2, 0) is 24.1 Å². The third-order valence-electron chi connectivity index (χ3n) is 14.3. The molecule has 1 saturated carbocycles. The van der Waals surface area contributed by atoms with Crippen LogP contribution in [0.4, 0.5) is 0 Å². The number of ether oxygens (including phenoxy) is 2. The number of aliphatic hydroxyl groups excluding tert-OH is 3. The fraction of sp³-hybridized carbons (Fsp3) is 0.510. The van der Waals surface area contributed by atoms with Crippen molar-refractivity contribution in [1.82, 2.24) is 14.9 Å². The molecule has 0 amide bonds. The minimum Gasteiger partial charge on any atom is -0.465 e. The number of carbonyl (C=O) groups is 1. The minimum absolute atomic E-state index is 0.00519. The van der Waals surface area contributed by atoms with Gasteiger partial charge in [0, 0.05) is 55.2 Å². The molecule has 0 saturated heterocycles. The number of nitrogens with one attached hydrogen (secondary N) is 2. The summed E-state index contributed by atoms with van der Waals surface area (Å²) >= 11 is 0. The number of H-pyrrole nitrogens is 1. The lowest BCUT2D eigenvalue weighted by Gasteiger charge is -2.35. The minimum atomic E-state index is -1.03. The van der Waals surface area contributed by atoms with Gasteiger partial charge in [-0.15, -0.1) is 0 Å². The van der Waals surface area contributed by atoms with E-state index in [0.717, 1.165) is 96.6 Å². The van der Waals surface area contributed by atoms with Crippen LogP contribution >= 0.6 is 0 Å². The number of ketones is 1. The largest absolute Gasteiger partial charge is 0.465 e. The van der Waals surface area contributed by atoms with Crippen molar-refractivity contribution in [2.24, 2.45) is 34.8 Å². The van der Waals surface area contributed by atoms with Crippen LogP contribution in [0.15, 0.2) is 61.1 Å². The monoisotopic (exact) mass is 824 g/mol. The van der Waals surface area contributed by atoms with E-state index in [1.807, 2.05) is 42.5 Å². The number of carbonyl (C=O) groups excluding carboxylic acids is 1. The molecule has 2 aromatic carbocycles. The lowest BCUT2D eigenvalue weighted by atomic mass is 9.73. The summed E-state index contributed by atoms with van der Waals surface area (Å²) in [7, 11) is 0. The molecule has 7 N–H and O–H groups in total. The van der Waals surface area contributed by atoms with Gasteiger partial charge < -0.3 is 40.1 Å². The van der Waals surface area contributed by atoms with E-state index in [4.69, 9.17) is 15.2 Å². The maximum absolute atomic E-state index is 14.0. The predicted octanol–water partition coefficient (Wildman–Crippen LogP) is 7.45. The van der Waals surface area contributed by atoms with Gasteiger partial charge in [-0.05, 0) is 90.0 Å². The van der Waals surface area contributed by atoms with E-state index in [1.165, 1.54) is 5.56 Å². The molecule has 2 aromatic heterocycles. The number of fused-ring (bicyclic) bond motifs is 8. The predicted molar refractivity (Wildman–Crippen MR) is 235 cm³/mol. The first-order valence-corrected chi connectivity index (χ1v) is 22.7. The number of nitrogens with two attached hydrogens (primary N) is 1. The number of rotatable bonds is 10. The molecular weight excluding hydrogens is 765 g/mol. The van der Waals surface area contributed by atoms with Gasteiger partial charge in [-0.3, -0.25) is 10.1 Å². The molecule has 10 heteroatoms. The van der Waals surface area contributed by atoms with Crippen molar-refractivity contribution in [2.45, 2.75) is 128 Å². The normalized spacial score (nSPS) is 27.1. The summed E-state index contributed by atoms with van der Waals surface area (Å²) in [4.78, 5) is 17.6. The molecular formula is C51H60N4O6. The Morgan fingerprint density at radius 3 is 2.70 bits per heavy atom. The number of allylic oxidation sites excluding steroid dienone is 1. The van der Waals surface area contributed by atoms with Gasteiger partial charge in [0.15, 0.2) is 17.7 Å². The van der Waals surface area contributed by atoms with Gasteiger partial charge in [0.25, 0.3) is 0 Å². The number of hydrogen-bond acceptors (Lipinski definition) is 8. The fourth-order valence-corrected chi connectivity index (χ4v) is 10.8. The Morgan fingerprint density at radius 1 is 1.05 bits per heavy atom. The standard InChI is InChI=1S/C51H60N4O6/c1-3-4-5-8-37(48(59)38-12-9-31(2)25-45(38)58)44(57)16-10-32-11-18-46-47(26-32)61-50-41(51(22-24-60-46)20-6-7-21-51)15-17-43(56)35-13-14-36-34(19-23-53-49(36)52)39(35)27-33-28-54-42-30-55(50)29-40(33)42/h9,11-14,18,26,28-31,37-38,41,43,45,48-50,53-54,56,58-59H,3-8,10,16,19-21,23,25,27,52H2,1-2H3. The number of nitrogens with zero attached hydrogens (tertiary/aromatic N) is 1. The van der Waals surface area contributed by atoms with E-state index < -0.39 is 47.7 Å². The zero-order valence-corrected chi connectivity index (χ0v) is 35.5. The van der Waals surface area contributed by atoms with Crippen LogP contribution in [0.2, 0.25) is 0 Å². The van der Waals surface area contributed by atoms with E-state index >= 15 is 0 Å². The van der Waals surface area contributed by atoms with Crippen LogP contribution in [0.25, 0.3) is 10.9 Å². The van der Waals surface area contributed by atoms with Crippen LogP contribution in [0.3, 0.4) is 0 Å². The van der Waals surface area contributed by atoms with Crippen molar-refractivity contribution in [2.75, 3.05) is 6.54 Å². The Kier molecular flexibility index (Phi) is 11.9. The first-order chi connectivity index (χ1) is 29.6. The average molecular weight is 825 g/mol. The molecule has 9 unspecified atom stereocenters. The Morgan fingerprint density at radius 2 is 1.89 bits per heavy atom. The maximum Gasteiger partial charge on any atom is 0.191 e. The topological polar surface area (TPSA) is 155 Å². The van der Waals surface area contributed by atoms with Crippen LogP contribution in [0.1, 0.15) is 130 Å². The molecule has 1 spiro atoms. The molecule has 2 bridgehead atoms. The van der Waals surface area contributed by atoms with Crippen molar-refractivity contribution >= 4 is 16.7 Å². The quantitative estimate of drug-likeness (QED) is 0.0548. The summed E-state index contributed by atoms with van der Waals surface area (Å²) in [6.45, 7) is 4.95. The molecule has 10 nitrogen and oxygen atoms in total. The van der Waals surface area contributed by atoms with Gasteiger partial charge in [0.2, 0.25) is 0 Å². The van der Waals surface area contributed by atoms with Gasteiger partial charge in [-0.25, -0.2) is 0 Å². The molecule has 5 heterocycles. The second-order valence-electron chi connectivity index (χ2n) is 18.4. The number of unbranched alkanes of at least 4 members (excludes halogenated alkanes) is 2. The number of aliphatic hydroxyl groups is 3. The Labute approximate surface area is 359 Å². The van der Waals surface area contributed by atoms with E-state index in [1.54, 1.807) is 0 Å². The number of benzene rings is 2. The van der Waals surface area contributed by atoms with Gasteiger partial charge in [-0.1, -0.05) is 94.1 Å². The molecule has 2 aliphatic carbocycles. The molecule has 0 radical (unpaired) electrons. The van der Waals surface area contributed by atoms with Gasteiger partial charge in [0.05, 0.1) is 35.2 Å².